The van der Waals surface area contributed by atoms with E-state index in [1.807, 2.05) is 62.3 Å². The first-order chi connectivity index (χ1) is 16.6. The summed E-state index contributed by atoms with van der Waals surface area (Å²) in [6, 6.07) is 14.0. The van der Waals surface area contributed by atoms with Crippen molar-refractivity contribution in [3.63, 3.8) is 0 Å². The molecule has 0 saturated carbocycles. The molecule has 1 aliphatic carbocycles. The lowest BCUT2D eigenvalue weighted by molar-refractivity contribution is -0.137. The molecule has 0 fully saturated rings. The fourth-order valence-electron chi connectivity index (χ4n) is 4.06. The van der Waals surface area contributed by atoms with Gasteiger partial charge in [-0.2, -0.15) is 13.2 Å². The second kappa shape index (κ2) is 10.1. The molecule has 8 heteroatoms. The molecule has 5 nitrogen and oxygen atoms in total. The zero-order valence-corrected chi connectivity index (χ0v) is 19.8. The number of alkyl halides is 3. The molecule has 2 N–H and O–H groups in total. The van der Waals surface area contributed by atoms with Gasteiger partial charge in [0.05, 0.1) is 11.3 Å². The van der Waals surface area contributed by atoms with Crippen LogP contribution in [0.1, 0.15) is 35.3 Å². The van der Waals surface area contributed by atoms with Crippen LogP contribution >= 0.6 is 0 Å². The van der Waals surface area contributed by atoms with Gasteiger partial charge in [0.1, 0.15) is 17.7 Å². The summed E-state index contributed by atoms with van der Waals surface area (Å²) in [5.74, 6) is 0.714. The predicted octanol–water partition coefficient (Wildman–Crippen LogP) is 5.81. The molecule has 0 spiro atoms. The molecule has 3 aromatic rings. The number of nitrogens with zero attached hydrogens (tertiary/aromatic N) is 2. The van der Waals surface area contributed by atoms with Gasteiger partial charge in [0.25, 0.3) is 0 Å². The van der Waals surface area contributed by atoms with Gasteiger partial charge in [0.2, 0.25) is 0 Å². The van der Waals surface area contributed by atoms with E-state index < -0.39 is 18.0 Å². The fraction of sp³-hybridized carbons (Fsp3) is 0.296. The minimum absolute atomic E-state index is 0.158. The van der Waals surface area contributed by atoms with Crippen LogP contribution in [0, 0.1) is 5.92 Å². The van der Waals surface area contributed by atoms with Gasteiger partial charge in [-0.15, -0.1) is 0 Å². The summed E-state index contributed by atoms with van der Waals surface area (Å²) >= 11 is 0. The van der Waals surface area contributed by atoms with Crippen molar-refractivity contribution in [1.29, 1.82) is 0 Å². The summed E-state index contributed by atoms with van der Waals surface area (Å²) in [5.41, 5.74) is 2.99. The number of anilines is 1. The molecule has 4 rings (SSSR count). The molecule has 35 heavy (non-hydrogen) atoms. The molecule has 0 amide bonds. The normalized spacial score (nSPS) is 16.9. The molecule has 1 aliphatic rings. The number of ether oxygens (including phenoxy) is 1. The quantitative estimate of drug-likeness (QED) is 0.415. The van der Waals surface area contributed by atoms with Gasteiger partial charge < -0.3 is 14.7 Å². The third-order valence-corrected chi connectivity index (χ3v) is 6.08. The van der Waals surface area contributed by atoms with E-state index in [1.165, 1.54) is 12.1 Å². The van der Waals surface area contributed by atoms with Crippen LogP contribution in [0.2, 0.25) is 0 Å². The number of aliphatic hydroxyl groups excluding tert-OH is 1. The van der Waals surface area contributed by atoms with Gasteiger partial charge in [-0.3, -0.25) is 10.3 Å². The Hall–Kier alpha value is -3.36. The highest BCUT2D eigenvalue weighted by Gasteiger charge is 2.30. The molecule has 0 aliphatic heterocycles. The van der Waals surface area contributed by atoms with Crippen LogP contribution in [-0.2, 0) is 12.6 Å². The number of hydrogen-bond donors (Lipinski definition) is 2. The number of aliphatic hydroxyl groups is 1. The van der Waals surface area contributed by atoms with E-state index in [-0.39, 0.29) is 12.0 Å². The van der Waals surface area contributed by atoms with Gasteiger partial charge in [-0.05, 0) is 61.4 Å². The number of nitrogens with one attached hydrogen (secondary N) is 1. The van der Waals surface area contributed by atoms with E-state index >= 15 is 0 Å². The summed E-state index contributed by atoms with van der Waals surface area (Å²) in [5, 5.41) is 14.1. The van der Waals surface area contributed by atoms with Crippen LogP contribution < -0.4 is 15.0 Å². The Morgan fingerprint density at radius 3 is 2.54 bits per heavy atom. The standard InChI is InChI=1S/C27H28F3N3O2/c1-17(24-16-21(33(2)3)13-14-31-24)32-26(34)19-7-12-23-18(15-19)5-4-6-25(23)35-22-10-8-20(9-11-22)27(28,29)30/h4-14,16-17,19,26,32,34H,15H2,1-3H3. The average Bonchev–Trinajstić information content (AvgIpc) is 2.83. The number of rotatable bonds is 7. The zero-order valence-electron chi connectivity index (χ0n) is 19.8. The van der Waals surface area contributed by atoms with Crippen molar-refractivity contribution < 1.29 is 23.0 Å². The van der Waals surface area contributed by atoms with Gasteiger partial charge >= 0.3 is 6.18 Å². The van der Waals surface area contributed by atoms with Gasteiger partial charge in [-0.1, -0.05) is 24.3 Å². The number of aromatic nitrogens is 1. The van der Waals surface area contributed by atoms with Crippen molar-refractivity contribution >= 4 is 11.8 Å². The van der Waals surface area contributed by atoms with Crippen LogP contribution in [-0.4, -0.2) is 30.4 Å². The Morgan fingerprint density at radius 1 is 1.11 bits per heavy atom. The largest absolute Gasteiger partial charge is 0.457 e. The van der Waals surface area contributed by atoms with Crippen LogP contribution in [0.15, 0.2) is 66.9 Å². The first kappa shape index (κ1) is 24.8. The minimum Gasteiger partial charge on any atom is -0.457 e. The van der Waals surface area contributed by atoms with Crippen molar-refractivity contribution in [2.24, 2.45) is 5.92 Å². The second-order valence-corrected chi connectivity index (χ2v) is 8.85. The lowest BCUT2D eigenvalue weighted by Crippen LogP contribution is -2.38. The zero-order chi connectivity index (χ0) is 25.2. The summed E-state index contributed by atoms with van der Waals surface area (Å²) in [6.45, 7) is 1.96. The van der Waals surface area contributed by atoms with E-state index in [2.05, 4.69) is 10.3 Å². The fourth-order valence-corrected chi connectivity index (χ4v) is 4.06. The second-order valence-electron chi connectivity index (χ2n) is 8.85. The van der Waals surface area contributed by atoms with E-state index in [1.54, 1.807) is 12.3 Å². The van der Waals surface area contributed by atoms with Gasteiger partial charge in [-0.25, -0.2) is 0 Å². The van der Waals surface area contributed by atoms with Gasteiger partial charge in [0.15, 0.2) is 0 Å². The summed E-state index contributed by atoms with van der Waals surface area (Å²) in [7, 11) is 3.93. The monoisotopic (exact) mass is 483 g/mol. The number of halogens is 3. The van der Waals surface area contributed by atoms with Crippen molar-refractivity contribution in [2.75, 3.05) is 19.0 Å². The molecular weight excluding hydrogens is 455 g/mol. The molecule has 0 saturated heterocycles. The van der Waals surface area contributed by atoms with Crippen LogP contribution in [0.5, 0.6) is 11.5 Å². The Morgan fingerprint density at radius 2 is 1.86 bits per heavy atom. The number of fused-ring (bicyclic) bond motifs is 1. The van der Waals surface area contributed by atoms with E-state index in [4.69, 9.17) is 4.74 Å². The lowest BCUT2D eigenvalue weighted by atomic mass is 9.88. The molecule has 1 aromatic heterocycles. The Balaban J connectivity index is 1.44. The number of hydrogen-bond acceptors (Lipinski definition) is 5. The molecule has 0 bridgehead atoms. The van der Waals surface area contributed by atoms with Crippen molar-refractivity contribution in [3.8, 4) is 11.5 Å². The number of benzene rings is 2. The summed E-state index contributed by atoms with van der Waals surface area (Å²) in [4.78, 5) is 6.43. The Bertz CT molecular complexity index is 1190. The predicted molar refractivity (Wildman–Crippen MR) is 130 cm³/mol. The molecule has 3 atom stereocenters. The molecular formula is C27H28F3N3O2. The van der Waals surface area contributed by atoms with Crippen molar-refractivity contribution in [2.45, 2.75) is 31.8 Å². The Labute approximate surface area is 202 Å². The highest BCUT2D eigenvalue weighted by atomic mass is 19.4. The average molecular weight is 484 g/mol. The third-order valence-electron chi connectivity index (χ3n) is 6.08. The minimum atomic E-state index is -4.39. The SMILES string of the molecule is CC(NC(O)C1C=Cc2c(cccc2Oc2ccc(C(F)(F)F)cc2)C1)c1cc(N(C)C)ccn1. The van der Waals surface area contributed by atoms with Crippen molar-refractivity contribution in [3.05, 3.63) is 89.3 Å². The molecule has 3 unspecified atom stereocenters. The smallest absolute Gasteiger partial charge is 0.416 e. The molecule has 2 aromatic carbocycles. The highest BCUT2D eigenvalue weighted by molar-refractivity contribution is 5.64. The van der Waals surface area contributed by atoms with Crippen LogP contribution in [0.4, 0.5) is 18.9 Å². The maximum atomic E-state index is 12.8. The Kier molecular flexibility index (Phi) is 7.14. The van der Waals surface area contributed by atoms with Crippen molar-refractivity contribution in [1.82, 2.24) is 10.3 Å². The maximum Gasteiger partial charge on any atom is 0.416 e. The molecule has 184 valence electrons. The molecule has 1 heterocycles. The van der Waals surface area contributed by atoms with Crippen LogP contribution in [0.3, 0.4) is 0 Å². The molecule has 0 radical (unpaired) electrons. The van der Waals surface area contributed by atoms with E-state index in [9.17, 15) is 18.3 Å². The lowest BCUT2D eigenvalue weighted by Gasteiger charge is -2.28. The maximum absolute atomic E-state index is 12.8. The summed E-state index contributed by atoms with van der Waals surface area (Å²) < 4.78 is 44.3. The topological polar surface area (TPSA) is 57.6 Å². The van der Waals surface area contributed by atoms with E-state index in [0.29, 0.717) is 17.9 Å². The first-order valence-corrected chi connectivity index (χ1v) is 11.3. The number of pyridine rings is 1. The van der Waals surface area contributed by atoms with E-state index in [0.717, 1.165) is 34.6 Å². The highest BCUT2D eigenvalue weighted by Crippen LogP contribution is 2.36. The summed E-state index contributed by atoms with van der Waals surface area (Å²) in [6.07, 6.45) is 0.976. The first-order valence-electron chi connectivity index (χ1n) is 11.3. The third kappa shape index (κ3) is 5.83. The van der Waals surface area contributed by atoms with Crippen LogP contribution in [0.25, 0.3) is 6.08 Å². The van der Waals surface area contributed by atoms with Gasteiger partial charge in [0, 0.05) is 43.5 Å².